The van der Waals surface area contributed by atoms with Crippen molar-refractivity contribution in [2.24, 2.45) is 11.8 Å². The van der Waals surface area contributed by atoms with Crippen LogP contribution in [-0.2, 0) is 9.53 Å². The van der Waals surface area contributed by atoms with E-state index in [0.29, 0.717) is 19.6 Å². The average molecular weight is 263 g/mol. The Bertz CT molecular complexity index is 322. The van der Waals surface area contributed by atoms with Gasteiger partial charge in [-0.1, -0.05) is 32.1 Å². The van der Waals surface area contributed by atoms with Gasteiger partial charge in [0.25, 0.3) is 0 Å². The van der Waals surface area contributed by atoms with E-state index in [1.807, 2.05) is 4.90 Å². The number of terminal acetylenes is 1. The molecule has 1 amide bonds. The summed E-state index contributed by atoms with van der Waals surface area (Å²) in [6, 6.07) is 0. The molecule has 0 aromatic rings. The molecule has 1 saturated heterocycles. The van der Waals surface area contributed by atoms with E-state index in [1.54, 1.807) is 0 Å². The molecule has 3 nitrogen and oxygen atoms in total. The number of carbonyl (C=O) groups is 1. The molecule has 0 spiro atoms. The Balaban J connectivity index is 1.77. The van der Waals surface area contributed by atoms with E-state index in [4.69, 9.17) is 11.2 Å². The van der Waals surface area contributed by atoms with Crippen molar-refractivity contribution in [3.8, 4) is 12.3 Å². The van der Waals surface area contributed by atoms with Gasteiger partial charge in [0.2, 0.25) is 5.91 Å². The maximum Gasteiger partial charge on any atom is 0.223 e. The third-order valence-corrected chi connectivity index (χ3v) is 4.36. The van der Waals surface area contributed by atoms with Crippen molar-refractivity contribution < 1.29 is 9.53 Å². The van der Waals surface area contributed by atoms with Crippen LogP contribution in [0.4, 0.5) is 0 Å². The molecule has 0 radical (unpaired) electrons. The Morgan fingerprint density at radius 2 is 1.95 bits per heavy atom. The van der Waals surface area contributed by atoms with Crippen LogP contribution in [0.15, 0.2) is 0 Å². The maximum absolute atomic E-state index is 12.2. The summed E-state index contributed by atoms with van der Waals surface area (Å²) in [7, 11) is 0. The summed E-state index contributed by atoms with van der Waals surface area (Å²) in [6.07, 6.45) is 13.8. The number of ether oxygens (including phenoxy) is 1. The molecular weight excluding hydrogens is 238 g/mol. The number of amides is 1. The maximum atomic E-state index is 12.2. The second-order valence-corrected chi connectivity index (χ2v) is 5.80. The van der Waals surface area contributed by atoms with Crippen LogP contribution in [0, 0.1) is 24.2 Å². The minimum Gasteiger partial charge on any atom is -0.378 e. The molecule has 2 aliphatic rings. The molecule has 2 rings (SSSR count). The fraction of sp³-hybridized carbons (Fsp3) is 0.812. The number of hydrogen-bond donors (Lipinski definition) is 0. The second kappa shape index (κ2) is 7.55. The minimum absolute atomic E-state index is 0.124. The Kier molecular flexibility index (Phi) is 5.72. The molecular formula is C16H25NO2. The summed E-state index contributed by atoms with van der Waals surface area (Å²) in [5.41, 5.74) is 0. The minimum atomic E-state index is 0.124. The number of rotatable bonds is 4. The van der Waals surface area contributed by atoms with Crippen LogP contribution in [0.3, 0.4) is 0 Å². The van der Waals surface area contributed by atoms with Crippen LogP contribution >= 0.6 is 0 Å². The van der Waals surface area contributed by atoms with Crippen molar-refractivity contribution in [1.29, 1.82) is 0 Å². The molecule has 0 aromatic heterocycles. The predicted molar refractivity (Wildman–Crippen MR) is 75.5 cm³/mol. The summed E-state index contributed by atoms with van der Waals surface area (Å²) < 4.78 is 5.27. The van der Waals surface area contributed by atoms with Gasteiger partial charge in [-0.25, -0.2) is 0 Å². The van der Waals surface area contributed by atoms with Gasteiger partial charge in [-0.2, -0.15) is 0 Å². The molecule has 1 heterocycles. The predicted octanol–water partition coefficient (Wildman–Crippen LogP) is 2.46. The van der Waals surface area contributed by atoms with Gasteiger partial charge < -0.3 is 9.64 Å². The van der Waals surface area contributed by atoms with Gasteiger partial charge in [-0.05, 0) is 12.3 Å². The molecule has 1 atom stereocenters. The van der Waals surface area contributed by atoms with E-state index in [9.17, 15) is 4.79 Å². The number of nitrogens with zero attached hydrogens (tertiary/aromatic N) is 1. The van der Waals surface area contributed by atoms with Crippen LogP contribution in [0.5, 0.6) is 0 Å². The number of carbonyl (C=O) groups excluding carboxylic acids is 1. The van der Waals surface area contributed by atoms with E-state index in [0.717, 1.165) is 25.4 Å². The smallest absolute Gasteiger partial charge is 0.223 e. The fourth-order valence-corrected chi connectivity index (χ4v) is 3.19. The first kappa shape index (κ1) is 14.4. The molecule has 1 aliphatic carbocycles. The van der Waals surface area contributed by atoms with Crippen LogP contribution in [0.1, 0.15) is 44.9 Å². The highest BCUT2D eigenvalue weighted by Gasteiger charge is 2.23. The van der Waals surface area contributed by atoms with E-state index in [2.05, 4.69) is 5.92 Å². The Morgan fingerprint density at radius 3 is 2.58 bits per heavy atom. The van der Waals surface area contributed by atoms with Gasteiger partial charge in [0, 0.05) is 25.4 Å². The quantitative estimate of drug-likeness (QED) is 0.729. The van der Waals surface area contributed by atoms with Gasteiger partial charge in [0.15, 0.2) is 0 Å². The molecule has 0 N–H and O–H groups in total. The van der Waals surface area contributed by atoms with Crippen LogP contribution in [-0.4, -0.2) is 37.1 Å². The molecule has 1 aliphatic heterocycles. The van der Waals surface area contributed by atoms with E-state index >= 15 is 0 Å². The zero-order chi connectivity index (χ0) is 13.5. The SMILES string of the molecule is C#C[C@@H](CC(=O)N1CCOCC1)CC1CCCCC1. The van der Waals surface area contributed by atoms with E-state index < -0.39 is 0 Å². The lowest BCUT2D eigenvalue weighted by Gasteiger charge is -2.29. The first-order valence-corrected chi connectivity index (χ1v) is 7.61. The first-order chi connectivity index (χ1) is 9.29. The monoisotopic (exact) mass is 263 g/mol. The van der Waals surface area contributed by atoms with Crippen molar-refractivity contribution in [1.82, 2.24) is 4.90 Å². The average Bonchev–Trinajstić information content (AvgIpc) is 2.48. The van der Waals surface area contributed by atoms with Gasteiger partial charge in [-0.3, -0.25) is 4.79 Å². The summed E-state index contributed by atoms with van der Waals surface area (Å²) in [4.78, 5) is 14.1. The molecule has 0 aromatic carbocycles. The Hall–Kier alpha value is -1.01. The zero-order valence-corrected chi connectivity index (χ0v) is 11.8. The fourth-order valence-electron chi connectivity index (χ4n) is 3.19. The largest absolute Gasteiger partial charge is 0.378 e. The Morgan fingerprint density at radius 1 is 1.26 bits per heavy atom. The normalized spacial score (nSPS) is 22.8. The summed E-state index contributed by atoms with van der Waals surface area (Å²) in [6.45, 7) is 2.77. The molecule has 0 unspecified atom stereocenters. The van der Waals surface area contributed by atoms with Crippen molar-refractivity contribution in [3.63, 3.8) is 0 Å². The van der Waals surface area contributed by atoms with Crippen LogP contribution in [0.2, 0.25) is 0 Å². The zero-order valence-electron chi connectivity index (χ0n) is 11.8. The lowest BCUT2D eigenvalue weighted by Crippen LogP contribution is -2.41. The third-order valence-electron chi connectivity index (χ3n) is 4.36. The van der Waals surface area contributed by atoms with Crippen molar-refractivity contribution in [2.75, 3.05) is 26.3 Å². The molecule has 3 heteroatoms. The van der Waals surface area contributed by atoms with Crippen molar-refractivity contribution in [3.05, 3.63) is 0 Å². The van der Waals surface area contributed by atoms with E-state index in [-0.39, 0.29) is 11.8 Å². The molecule has 106 valence electrons. The van der Waals surface area contributed by atoms with E-state index in [1.165, 1.54) is 32.1 Å². The standard InChI is InChI=1S/C16H25NO2/c1-2-14(12-15-6-4-3-5-7-15)13-16(18)17-8-10-19-11-9-17/h1,14-15H,3-13H2/t14-/m1/s1. The first-order valence-electron chi connectivity index (χ1n) is 7.61. The molecule has 2 fully saturated rings. The summed E-state index contributed by atoms with van der Waals surface area (Å²) in [5.74, 6) is 3.92. The molecule has 0 bridgehead atoms. The van der Waals surface area contributed by atoms with Gasteiger partial charge in [-0.15, -0.1) is 12.3 Å². The van der Waals surface area contributed by atoms with Gasteiger partial charge in [0.1, 0.15) is 0 Å². The summed E-state index contributed by atoms with van der Waals surface area (Å²) in [5, 5.41) is 0. The lowest BCUT2D eigenvalue weighted by molar-refractivity contribution is -0.136. The highest BCUT2D eigenvalue weighted by Crippen LogP contribution is 2.30. The topological polar surface area (TPSA) is 29.5 Å². The third kappa shape index (κ3) is 4.54. The highest BCUT2D eigenvalue weighted by atomic mass is 16.5. The number of hydrogen-bond acceptors (Lipinski definition) is 2. The van der Waals surface area contributed by atoms with Crippen LogP contribution in [0.25, 0.3) is 0 Å². The second-order valence-electron chi connectivity index (χ2n) is 5.80. The lowest BCUT2D eigenvalue weighted by atomic mass is 9.82. The van der Waals surface area contributed by atoms with Gasteiger partial charge >= 0.3 is 0 Å². The highest BCUT2D eigenvalue weighted by molar-refractivity contribution is 5.76. The molecule has 1 saturated carbocycles. The number of morpholine rings is 1. The van der Waals surface area contributed by atoms with Gasteiger partial charge in [0.05, 0.1) is 13.2 Å². The molecule has 19 heavy (non-hydrogen) atoms. The van der Waals surface area contributed by atoms with Crippen molar-refractivity contribution in [2.45, 2.75) is 44.9 Å². The van der Waals surface area contributed by atoms with Crippen molar-refractivity contribution >= 4 is 5.91 Å². The van der Waals surface area contributed by atoms with Crippen LogP contribution < -0.4 is 0 Å². The summed E-state index contributed by atoms with van der Waals surface area (Å²) >= 11 is 0. The Labute approximate surface area is 116 Å².